The molecule has 1 heterocycles. The van der Waals surface area contributed by atoms with Crippen LogP contribution in [0.15, 0.2) is 60.7 Å². The van der Waals surface area contributed by atoms with Gasteiger partial charge in [0, 0.05) is 25.7 Å². The minimum Gasteiger partial charge on any atom is -0.462 e. The van der Waals surface area contributed by atoms with Gasteiger partial charge >= 0.3 is 11.9 Å². The molecule has 0 aromatic heterocycles. The van der Waals surface area contributed by atoms with Gasteiger partial charge in [-0.3, -0.25) is 9.59 Å². The van der Waals surface area contributed by atoms with Gasteiger partial charge < -0.3 is 14.2 Å². The van der Waals surface area contributed by atoms with Crippen LogP contribution in [0.1, 0.15) is 64.4 Å². The number of hydrogen-bond acceptors (Lipinski definition) is 5. The van der Waals surface area contributed by atoms with Gasteiger partial charge in [-0.05, 0) is 37.0 Å². The van der Waals surface area contributed by atoms with E-state index in [-0.39, 0.29) is 18.0 Å². The highest BCUT2D eigenvalue weighted by molar-refractivity contribution is 5.72. The van der Waals surface area contributed by atoms with E-state index in [1.165, 1.54) is 31.7 Å². The largest absolute Gasteiger partial charge is 0.462 e. The molecule has 2 atom stereocenters. The zero-order valence-corrected chi connectivity index (χ0v) is 20.0. The Hall–Kier alpha value is -2.66. The van der Waals surface area contributed by atoms with Gasteiger partial charge in [0.25, 0.3) is 0 Å². The average Bonchev–Trinajstić information content (AvgIpc) is 2.82. The second-order valence-electron chi connectivity index (χ2n) is 8.39. The highest BCUT2D eigenvalue weighted by Crippen LogP contribution is 2.23. The number of rotatable bonds is 10. The fraction of sp³-hybridized carbons (Fsp3) is 0.500. The molecule has 5 nitrogen and oxygen atoms in total. The van der Waals surface area contributed by atoms with E-state index in [1.807, 2.05) is 36.4 Å². The van der Waals surface area contributed by atoms with Crippen molar-refractivity contribution in [2.75, 3.05) is 13.2 Å². The van der Waals surface area contributed by atoms with E-state index in [2.05, 4.69) is 19.1 Å². The molecule has 2 aromatic rings. The van der Waals surface area contributed by atoms with Crippen molar-refractivity contribution in [3.63, 3.8) is 0 Å². The number of ether oxygens (including phenoxy) is 3. The van der Waals surface area contributed by atoms with Gasteiger partial charge in [-0.25, -0.2) is 0 Å². The van der Waals surface area contributed by atoms with E-state index in [0.717, 1.165) is 38.9 Å². The predicted octanol–water partition coefficient (Wildman–Crippen LogP) is 6.15. The summed E-state index contributed by atoms with van der Waals surface area (Å²) in [5.41, 5.74) is 1.25. The molecule has 1 fully saturated rings. The van der Waals surface area contributed by atoms with Crippen LogP contribution in [0.3, 0.4) is 0 Å². The Morgan fingerprint density at radius 3 is 2.33 bits per heavy atom. The second-order valence-corrected chi connectivity index (χ2v) is 8.39. The summed E-state index contributed by atoms with van der Waals surface area (Å²) in [5, 5.41) is 0. The number of hydrogen-bond donors (Lipinski definition) is 0. The summed E-state index contributed by atoms with van der Waals surface area (Å²) >= 11 is 0. The molecule has 2 aromatic carbocycles. The van der Waals surface area contributed by atoms with Crippen molar-refractivity contribution in [2.45, 2.75) is 71.3 Å². The molecule has 3 rings (SSSR count). The van der Waals surface area contributed by atoms with E-state index in [4.69, 9.17) is 14.2 Å². The lowest BCUT2D eigenvalue weighted by molar-refractivity contribution is -0.156. The topological polar surface area (TPSA) is 61.8 Å². The summed E-state index contributed by atoms with van der Waals surface area (Å²) in [5.74, 6) is 0.691. The highest BCUT2D eigenvalue weighted by Gasteiger charge is 2.27. The minimum atomic E-state index is -0.169. The maximum absolute atomic E-state index is 11.6. The standard InChI is InChI=1S/C16H16O2.C12H22O3/c17-16(18-15-11-5-2-6-12-15)13-7-10-14-8-3-1-4-9-14;1-3-4-5-6-11-9-14-8-7-12(11)15-10(2)13/h1-6,8-9,11-12H,7,10,13H2;11-12H,3-9H2,1-2H3. The van der Waals surface area contributed by atoms with Crippen LogP contribution in [0, 0.1) is 5.92 Å². The van der Waals surface area contributed by atoms with Crippen LogP contribution in [0.5, 0.6) is 5.75 Å². The monoisotopic (exact) mass is 454 g/mol. The van der Waals surface area contributed by atoms with Gasteiger partial charge in [-0.1, -0.05) is 74.7 Å². The molecule has 1 aliphatic heterocycles. The van der Waals surface area contributed by atoms with E-state index in [1.54, 1.807) is 12.1 Å². The third-order valence-corrected chi connectivity index (χ3v) is 5.56. The first-order valence-electron chi connectivity index (χ1n) is 12.1. The molecule has 2 unspecified atom stereocenters. The molecule has 0 radical (unpaired) electrons. The van der Waals surface area contributed by atoms with Crippen LogP contribution in [0.4, 0.5) is 0 Å². The van der Waals surface area contributed by atoms with Crippen LogP contribution >= 0.6 is 0 Å². The number of aryl methyl sites for hydroxylation is 1. The summed E-state index contributed by atoms with van der Waals surface area (Å²) in [4.78, 5) is 22.5. The number of para-hydroxylation sites is 1. The lowest BCUT2D eigenvalue weighted by Crippen LogP contribution is -2.35. The van der Waals surface area contributed by atoms with Crippen molar-refractivity contribution in [1.82, 2.24) is 0 Å². The van der Waals surface area contributed by atoms with Gasteiger partial charge in [-0.15, -0.1) is 0 Å². The molecule has 1 aliphatic rings. The lowest BCUT2D eigenvalue weighted by Gasteiger charge is -2.30. The van der Waals surface area contributed by atoms with Gasteiger partial charge in [0.05, 0.1) is 13.2 Å². The van der Waals surface area contributed by atoms with Crippen LogP contribution in [0.25, 0.3) is 0 Å². The normalized spacial score (nSPS) is 17.4. The fourth-order valence-electron chi connectivity index (χ4n) is 3.82. The second kappa shape index (κ2) is 16.0. The molecule has 0 bridgehead atoms. The molecule has 0 N–H and O–H groups in total. The molecule has 0 spiro atoms. The molecule has 33 heavy (non-hydrogen) atoms. The van der Waals surface area contributed by atoms with Crippen molar-refractivity contribution in [1.29, 1.82) is 0 Å². The van der Waals surface area contributed by atoms with Crippen molar-refractivity contribution >= 4 is 11.9 Å². The van der Waals surface area contributed by atoms with Gasteiger partial charge in [0.2, 0.25) is 0 Å². The van der Waals surface area contributed by atoms with Crippen LogP contribution in [0.2, 0.25) is 0 Å². The first-order valence-corrected chi connectivity index (χ1v) is 12.1. The molecule has 0 amide bonds. The third kappa shape index (κ3) is 11.7. The quantitative estimate of drug-likeness (QED) is 0.245. The first kappa shape index (κ1) is 26.6. The van der Waals surface area contributed by atoms with Crippen molar-refractivity contribution in [2.24, 2.45) is 5.92 Å². The SMILES string of the molecule is CCCCCC1COCCC1OC(C)=O.O=C(CCCc1ccccc1)Oc1ccccc1. The average molecular weight is 455 g/mol. The zero-order chi connectivity index (χ0) is 23.7. The van der Waals surface area contributed by atoms with E-state index in [9.17, 15) is 9.59 Å². The minimum absolute atomic E-state index is 0.0908. The molecule has 180 valence electrons. The van der Waals surface area contributed by atoms with Gasteiger partial charge in [0.1, 0.15) is 11.9 Å². The summed E-state index contributed by atoms with van der Waals surface area (Å²) in [7, 11) is 0. The first-order chi connectivity index (χ1) is 16.1. The number of esters is 2. The molecule has 1 saturated heterocycles. The van der Waals surface area contributed by atoms with Crippen LogP contribution < -0.4 is 4.74 Å². The summed E-state index contributed by atoms with van der Waals surface area (Å²) < 4.78 is 16.0. The van der Waals surface area contributed by atoms with Gasteiger partial charge in [0.15, 0.2) is 0 Å². The lowest BCUT2D eigenvalue weighted by atomic mass is 9.92. The molecule has 0 aliphatic carbocycles. The smallest absolute Gasteiger partial charge is 0.311 e. The van der Waals surface area contributed by atoms with Gasteiger partial charge in [-0.2, -0.15) is 0 Å². The Balaban J connectivity index is 0.000000238. The maximum atomic E-state index is 11.6. The molecule has 5 heteroatoms. The fourth-order valence-corrected chi connectivity index (χ4v) is 3.82. The molecular formula is C28H38O5. The number of carbonyl (C=O) groups excluding carboxylic acids is 2. The third-order valence-electron chi connectivity index (χ3n) is 5.56. The van der Waals surface area contributed by atoms with Crippen molar-refractivity contribution < 1.29 is 23.8 Å². The number of benzene rings is 2. The van der Waals surface area contributed by atoms with E-state index in [0.29, 0.717) is 18.1 Å². The molecular weight excluding hydrogens is 416 g/mol. The number of carbonyl (C=O) groups is 2. The maximum Gasteiger partial charge on any atom is 0.311 e. The summed E-state index contributed by atoms with van der Waals surface area (Å²) in [6.07, 6.45) is 7.93. The van der Waals surface area contributed by atoms with Crippen molar-refractivity contribution in [3.05, 3.63) is 66.2 Å². The van der Waals surface area contributed by atoms with Crippen molar-refractivity contribution in [3.8, 4) is 5.75 Å². The van der Waals surface area contributed by atoms with E-state index < -0.39 is 0 Å². The Labute approximate surface area is 198 Å². The number of unbranched alkanes of at least 4 members (excludes halogenated alkanes) is 2. The molecule has 0 saturated carbocycles. The predicted molar refractivity (Wildman–Crippen MR) is 130 cm³/mol. The van der Waals surface area contributed by atoms with E-state index >= 15 is 0 Å². The Bertz CT molecular complexity index is 790. The highest BCUT2D eigenvalue weighted by atomic mass is 16.6. The summed E-state index contributed by atoms with van der Waals surface area (Å²) in [6.45, 7) is 5.16. The Kier molecular flexibility index (Phi) is 12.9. The Morgan fingerprint density at radius 1 is 0.970 bits per heavy atom. The van der Waals surface area contributed by atoms with Crippen LogP contribution in [-0.2, 0) is 25.5 Å². The summed E-state index contributed by atoms with van der Waals surface area (Å²) in [6, 6.07) is 19.3. The van der Waals surface area contributed by atoms with Crippen LogP contribution in [-0.4, -0.2) is 31.3 Å². The Morgan fingerprint density at radius 2 is 1.67 bits per heavy atom. The zero-order valence-electron chi connectivity index (χ0n) is 20.0.